The molecule has 1 atom stereocenters. The van der Waals surface area contributed by atoms with Crippen molar-refractivity contribution in [2.75, 3.05) is 27.2 Å². The van der Waals surface area contributed by atoms with Crippen LogP contribution in [0.5, 0.6) is 0 Å². The van der Waals surface area contributed by atoms with E-state index >= 15 is 0 Å². The maximum absolute atomic E-state index is 3.42. The summed E-state index contributed by atoms with van der Waals surface area (Å²) < 4.78 is 0. The second kappa shape index (κ2) is 3.91. The predicted molar refractivity (Wildman–Crippen MR) is 42.7 cm³/mol. The SMILES string of the molecule is CN(C)NCC1CCCN1. The summed E-state index contributed by atoms with van der Waals surface area (Å²) in [7, 11) is 4.05. The molecule has 60 valence electrons. The molecule has 1 saturated heterocycles. The highest BCUT2D eigenvalue weighted by Gasteiger charge is 2.12. The molecule has 0 radical (unpaired) electrons. The average Bonchev–Trinajstić information content (AvgIpc) is 2.34. The van der Waals surface area contributed by atoms with Crippen molar-refractivity contribution in [3.05, 3.63) is 0 Å². The van der Waals surface area contributed by atoms with Crippen molar-refractivity contribution in [2.24, 2.45) is 0 Å². The third kappa shape index (κ3) is 2.64. The van der Waals surface area contributed by atoms with Gasteiger partial charge in [0.25, 0.3) is 0 Å². The lowest BCUT2D eigenvalue weighted by molar-refractivity contribution is 0.274. The van der Waals surface area contributed by atoms with Gasteiger partial charge >= 0.3 is 0 Å². The van der Waals surface area contributed by atoms with E-state index in [0.717, 1.165) is 6.54 Å². The fraction of sp³-hybridized carbons (Fsp3) is 1.00. The summed E-state index contributed by atoms with van der Waals surface area (Å²) in [6, 6.07) is 0.697. The van der Waals surface area contributed by atoms with Crippen LogP contribution in [0.4, 0.5) is 0 Å². The molecule has 0 aromatic carbocycles. The largest absolute Gasteiger partial charge is 0.313 e. The molecular formula is C7H17N3. The Kier molecular flexibility index (Phi) is 3.12. The maximum atomic E-state index is 3.42. The van der Waals surface area contributed by atoms with Crippen LogP contribution in [-0.4, -0.2) is 38.2 Å². The van der Waals surface area contributed by atoms with Gasteiger partial charge in [0.1, 0.15) is 0 Å². The Morgan fingerprint density at radius 2 is 2.40 bits per heavy atom. The lowest BCUT2D eigenvalue weighted by Gasteiger charge is -2.15. The first-order chi connectivity index (χ1) is 4.79. The third-order valence-electron chi connectivity index (χ3n) is 1.82. The zero-order valence-electron chi connectivity index (χ0n) is 6.85. The van der Waals surface area contributed by atoms with Crippen molar-refractivity contribution in [3.8, 4) is 0 Å². The molecule has 3 heteroatoms. The molecule has 0 spiro atoms. The smallest absolute Gasteiger partial charge is 0.0256 e. The third-order valence-corrected chi connectivity index (χ3v) is 1.82. The van der Waals surface area contributed by atoms with Gasteiger partial charge in [-0.2, -0.15) is 0 Å². The van der Waals surface area contributed by atoms with Gasteiger partial charge in [-0.1, -0.05) is 0 Å². The van der Waals surface area contributed by atoms with E-state index in [2.05, 4.69) is 10.7 Å². The Hall–Kier alpha value is -0.120. The van der Waals surface area contributed by atoms with Gasteiger partial charge in [-0.3, -0.25) is 10.4 Å². The molecule has 2 N–H and O–H groups in total. The Balaban J connectivity index is 2.01. The van der Waals surface area contributed by atoms with E-state index in [1.165, 1.54) is 19.4 Å². The molecular weight excluding hydrogens is 126 g/mol. The van der Waals surface area contributed by atoms with Crippen LogP contribution < -0.4 is 10.7 Å². The molecule has 10 heavy (non-hydrogen) atoms. The van der Waals surface area contributed by atoms with Crippen molar-refractivity contribution < 1.29 is 0 Å². The normalized spacial score (nSPS) is 26.1. The first-order valence-corrected chi connectivity index (χ1v) is 3.93. The quantitative estimate of drug-likeness (QED) is 0.536. The van der Waals surface area contributed by atoms with Gasteiger partial charge in [0.05, 0.1) is 0 Å². The van der Waals surface area contributed by atoms with E-state index in [1.807, 2.05) is 19.1 Å². The van der Waals surface area contributed by atoms with E-state index in [1.54, 1.807) is 0 Å². The van der Waals surface area contributed by atoms with Gasteiger partial charge < -0.3 is 5.32 Å². The van der Waals surface area contributed by atoms with Crippen LogP contribution in [0.3, 0.4) is 0 Å². The van der Waals surface area contributed by atoms with Crippen LogP contribution in [0.1, 0.15) is 12.8 Å². The lowest BCUT2D eigenvalue weighted by atomic mass is 10.2. The van der Waals surface area contributed by atoms with Crippen LogP contribution in [-0.2, 0) is 0 Å². The van der Waals surface area contributed by atoms with Gasteiger partial charge in [0.15, 0.2) is 0 Å². The van der Waals surface area contributed by atoms with Crippen molar-refractivity contribution in [1.29, 1.82) is 0 Å². The summed E-state index contributed by atoms with van der Waals surface area (Å²) in [4.78, 5) is 0. The van der Waals surface area contributed by atoms with Crippen molar-refractivity contribution in [2.45, 2.75) is 18.9 Å². The van der Waals surface area contributed by atoms with Gasteiger partial charge in [0, 0.05) is 26.7 Å². The summed E-state index contributed by atoms with van der Waals surface area (Å²) in [6.45, 7) is 2.26. The Labute approximate surface area is 62.8 Å². The van der Waals surface area contributed by atoms with Crippen molar-refractivity contribution in [3.63, 3.8) is 0 Å². The highest BCUT2D eigenvalue weighted by Crippen LogP contribution is 2.02. The molecule has 1 aliphatic heterocycles. The minimum Gasteiger partial charge on any atom is -0.313 e. The minimum atomic E-state index is 0.697. The first kappa shape index (κ1) is 7.98. The van der Waals surface area contributed by atoms with Crippen LogP contribution >= 0.6 is 0 Å². The number of rotatable bonds is 3. The monoisotopic (exact) mass is 143 g/mol. The van der Waals surface area contributed by atoms with E-state index in [9.17, 15) is 0 Å². The number of hydrogen-bond donors (Lipinski definition) is 2. The molecule has 3 nitrogen and oxygen atoms in total. The Bertz CT molecular complexity index is 86.9. The second-order valence-electron chi connectivity index (χ2n) is 3.05. The molecule has 1 rings (SSSR count). The van der Waals surface area contributed by atoms with Crippen LogP contribution in [0.15, 0.2) is 0 Å². The molecule has 0 bridgehead atoms. The van der Waals surface area contributed by atoms with Gasteiger partial charge in [-0.25, -0.2) is 0 Å². The van der Waals surface area contributed by atoms with E-state index in [-0.39, 0.29) is 0 Å². The topological polar surface area (TPSA) is 27.3 Å². The molecule has 1 heterocycles. The van der Waals surface area contributed by atoms with E-state index < -0.39 is 0 Å². The second-order valence-corrected chi connectivity index (χ2v) is 3.05. The van der Waals surface area contributed by atoms with Gasteiger partial charge in [-0.05, 0) is 19.4 Å². The lowest BCUT2D eigenvalue weighted by Crippen LogP contribution is -2.40. The number of hydrogen-bond acceptors (Lipinski definition) is 3. The molecule has 0 aromatic heterocycles. The Morgan fingerprint density at radius 1 is 1.60 bits per heavy atom. The predicted octanol–water partition coefficient (Wildman–Crippen LogP) is -0.195. The average molecular weight is 143 g/mol. The fourth-order valence-electron chi connectivity index (χ4n) is 1.22. The van der Waals surface area contributed by atoms with Crippen LogP contribution in [0, 0.1) is 0 Å². The standard InChI is InChI=1S/C7H17N3/c1-10(2)9-6-7-4-3-5-8-7/h7-9H,3-6H2,1-2H3. The van der Waals surface area contributed by atoms with Gasteiger partial charge in [-0.15, -0.1) is 0 Å². The molecule has 1 aliphatic rings. The zero-order chi connectivity index (χ0) is 7.40. The molecule has 0 aromatic rings. The molecule has 0 aliphatic carbocycles. The number of nitrogens with one attached hydrogen (secondary N) is 2. The molecule has 0 saturated carbocycles. The summed E-state index contributed by atoms with van der Waals surface area (Å²) in [5.41, 5.74) is 3.26. The van der Waals surface area contributed by atoms with Crippen molar-refractivity contribution >= 4 is 0 Å². The summed E-state index contributed by atoms with van der Waals surface area (Å²) in [5.74, 6) is 0. The number of hydrazine groups is 1. The fourth-order valence-corrected chi connectivity index (χ4v) is 1.22. The van der Waals surface area contributed by atoms with Crippen LogP contribution in [0.25, 0.3) is 0 Å². The summed E-state index contributed by atoms with van der Waals surface area (Å²) in [6.07, 6.45) is 2.65. The highest BCUT2D eigenvalue weighted by atomic mass is 15.5. The minimum absolute atomic E-state index is 0.697. The van der Waals surface area contributed by atoms with Crippen molar-refractivity contribution in [1.82, 2.24) is 15.8 Å². The van der Waals surface area contributed by atoms with Gasteiger partial charge in [0.2, 0.25) is 0 Å². The first-order valence-electron chi connectivity index (χ1n) is 3.93. The molecule has 1 unspecified atom stereocenters. The van der Waals surface area contributed by atoms with E-state index in [0.29, 0.717) is 6.04 Å². The molecule has 0 amide bonds. The van der Waals surface area contributed by atoms with E-state index in [4.69, 9.17) is 0 Å². The summed E-state index contributed by atoms with van der Waals surface area (Å²) in [5, 5.41) is 5.42. The Morgan fingerprint density at radius 3 is 2.90 bits per heavy atom. The maximum Gasteiger partial charge on any atom is 0.0256 e. The van der Waals surface area contributed by atoms with Crippen LogP contribution in [0.2, 0.25) is 0 Å². The number of nitrogens with zero attached hydrogens (tertiary/aromatic N) is 1. The zero-order valence-corrected chi connectivity index (χ0v) is 6.85. The summed E-state index contributed by atoms with van der Waals surface area (Å²) >= 11 is 0. The molecule has 1 fully saturated rings. The highest BCUT2D eigenvalue weighted by molar-refractivity contribution is 4.74.